The number of quaternary nitrogens is 1. The van der Waals surface area contributed by atoms with Crippen molar-refractivity contribution in [3.8, 4) is 0 Å². The first kappa shape index (κ1) is 20.0. The van der Waals surface area contributed by atoms with E-state index >= 15 is 0 Å². The van der Waals surface area contributed by atoms with Gasteiger partial charge in [0.2, 0.25) is 0 Å². The molecule has 0 aliphatic carbocycles. The van der Waals surface area contributed by atoms with Crippen molar-refractivity contribution in [2.45, 2.75) is 57.0 Å². The normalized spacial score (nSPS) is 27.6. The number of hydrogen-bond acceptors (Lipinski definition) is 4. The van der Waals surface area contributed by atoms with Crippen LogP contribution in [-0.4, -0.2) is 69.9 Å². The van der Waals surface area contributed by atoms with Crippen LogP contribution in [0.25, 0.3) is 11.0 Å². The zero-order valence-electron chi connectivity index (χ0n) is 17.3. The first-order valence-corrected chi connectivity index (χ1v) is 10.8. The number of nitrogens with zero attached hydrogens (tertiary/aromatic N) is 3. The monoisotopic (exact) mass is 398 g/mol. The summed E-state index contributed by atoms with van der Waals surface area (Å²) in [7, 11) is 2.15. The van der Waals surface area contributed by atoms with E-state index in [1.54, 1.807) is 0 Å². The van der Waals surface area contributed by atoms with Gasteiger partial charge < -0.3 is 15.6 Å². The molecule has 2 aliphatic heterocycles. The largest absolute Gasteiger partial charge is 0.364 e. The lowest BCUT2D eigenvalue weighted by Gasteiger charge is -2.37. The first-order valence-electron chi connectivity index (χ1n) is 10.8. The van der Waals surface area contributed by atoms with E-state index < -0.39 is 0 Å². The van der Waals surface area contributed by atoms with Gasteiger partial charge in [0, 0.05) is 31.7 Å². The van der Waals surface area contributed by atoms with E-state index in [0.717, 1.165) is 42.8 Å². The molecule has 0 saturated carbocycles. The fraction of sp³-hybridized carbons (Fsp3) is 0.591. The maximum absolute atomic E-state index is 13.5. The number of aromatic nitrogens is 2. The summed E-state index contributed by atoms with van der Waals surface area (Å²) < 4.78 is 0.236. The Balaban J connectivity index is 1.48. The van der Waals surface area contributed by atoms with Crippen molar-refractivity contribution in [3.05, 3.63) is 30.1 Å². The molecule has 7 heteroatoms. The quantitative estimate of drug-likeness (QED) is 0.698. The van der Waals surface area contributed by atoms with Crippen molar-refractivity contribution in [1.82, 2.24) is 14.9 Å². The second-order valence-corrected chi connectivity index (χ2v) is 8.70. The number of H-pyrrole nitrogens is 1. The van der Waals surface area contributed by atoms with Gasteiger partial charge in [0.25, 0.3) is 5.91 Å². The van der Waals surface area contributed by atoms with Crippen LogP contribution < -0.4 is 5.73 Å². The molecular formula is C22H32N5O2+. The predicted molar refractivity (Wildman–Crippen MR) is 112 cm³/mol. The summed E-state index contributed by atoms with van der Waals surface area (Å²) in [5.41, 5.74) is 7.65. The lowest BCUT2D eigenvalue weighted by molar-refractivity contribution is -0.858. The van der Waals surface area contributed by atoms with Crippen LogP contribution >= 0.6 is 0 Å². The SMILES string of the molecule is CN1CCCC1CC[N+]1(C(=O)CCc2nc3ccccc3[nH]2)CCC[C@H]1C(N)=O. The van der Waals surface area contributed by atoms with Gasteiger partial charge in [-0.3, -0.25) is 9.28 Å². The molecule has 1 aromatic heterocycles. The Bertz CT molecular complexity index is 861. The number of imidazole rings is 1. The number of primary amides is 1. The summed E-state index contributed by atoms with van der Waals surface area (Å²) in [6, 6.07) is 8.00. The van der Waals surface area contributed by atoms with Crippen LogP contribution in [-0.2, 0) is 16.0 Å². The Morgan fingerprint density at radius 1 is 1.28 bits per heavy atom. The zero-order valence-corrected chi connectivity index (χ0v) is 17.3. The van der Waals surface area contributed by atoms with Crippen molar-refractivity contribution in [1.29, 1.82) is 0 Å². The van der Waals surface area contributed by atoms with E-state index in [9.17, 15) is 9.59 Å². The maximum atomic E-state index is 13.5. The molecule has 2 unspecified atom stereocenters. The van der Waals surface area contributed by atoms with Gasteiger partial charge in [0.15, 0.2) is 6.04 Å². The van der Waals surface area contributed by atoms with Crippen LogP contribution in [0.2, 0.25) is 0 Å². The number of likely N-dealkylation sites (tertiary alicyclic amines) is 2. The summed E-state index contributed by atoms with van der Waals surface area (Å²) in [6.45, 7) is 2.55. The highest BCUT2D eigenvalue weighted by Gasteiger charge is 2.50. The maximum Gasteiger partial charge on any atom is 0.314 e. The van der Waals surface area contributed by atoms with Gasteiger partial charge in [-0.05, 0) is 38.6 Å². The molecule has 2 aliphatic rings. The van der Waals surface area contributed by atoms with Gasteiger partial charge in [-0.25, -0.2) is 9.78 Å². The Labute approximate surface area is 171 Å². The van der Waals surface area contributed by atoms with Crippen LogP contribution in [0.15, 0.2) is 24.3 Å². The molecule has 2 fully saturated rings. The second kappa shape index (κ2) is 8.24. The van der Waals surface area contributed by atoms with Crippen LogP contribution in [0, 0.1) is 0 Å². The highest BCUT2D eigenvalue weighted by molar-refractivity contribution is 5.82. The number of amides is 2. The fourth-order valence-corrected chi connectivity index (χ4v) is 5.34. The summed E-state index contributed by atoms with van der Waals surface area (Å²) in [5.74, 6) is 0.620. The molecule has 2 saturated heterocycles. The number of hydrogen-bond donors (Lipinski definition) is 2. The minimum Gasteiger partial charge on any atom is -0.364 e. The third-order valence-corrected chi connectivity index (χ3v) is 7.00. The van der Waals surface area contributed by atoms with Crippen molar-refractivity contribution in [3.63, 3.8) is 0 Å². The molecule has 0 bridgehead atoms. The molecule has 7 nitrogen and oxygen atoms in total. The smallest absolute Gasteiger partial charge is 0.314 e. The molecule has 2 aromatic rings. The molecule has 0 spiro atoms. The third kappa shape index (κ3) is 3.94. The molecule has 0 radical (unpaired) electrons. The minimum atomic E-state index is -0.384. The molecule has 1 aromatic carbocycles. The number of aromatic amines is 1. The van der Waals surface area contributed by atoms with E-state index in [4.69, 9.17) is 5.73 Å². The van der Waals surface area contributed by atoms with Crippen LogP contribution in [0.4, 0.5) is 0 Å². The van der Waals surface area contributed by atoms with E-state index in [0.29, 0.717) is 31.8 Å². The third-order valence-electron chi connectivity index (χ3n) is 7.00. The molecule has 156 valence electrons. The number of nitrogens with two attached hydrogens (primary N) is 1. The van der Waals surface area contributed by atoms with Crippen LogP contribution in [0.3, 0.4) is 0 Å². The molecule has 4 rings (SSSR count). The number of aryl methyl sites for hydroxylation is 1. The number of para-hydroxylation sites is 2. The number of rotatable bonds is 7. The van der Waals surface area contributed by atoms with E-state index in [-0.39, 0.29) is 22.3 Å². The number of benzene rings is 1. The van der Waals surface area contributed by atoms with Gasteiger partial charge >= 0.3 is 5.91 Å². The van der Waals surface area contributed by atoms with Crippen molar-refractivity contribution < 1.29 is 14.1 Å². The highest BCUT2D eigenvalue weighted by Crippen LogP contribution is 2.31. The Morgan fingerprint density at radius 3 is 2.83 bits per heavy atom. The molecule has 2 amide bonds. The minimum absolute atomic E-state index is 0.132. The standard InChI is InChI=1S/C22H31N5O2/c1-26-13-4-6-16(26)12-15-27(14-5-9-19(27)22(23)29)21(28)11-10-20-24-17-7-2-3-8-18(17)25-20/h2-3,7-8,16,19H,4-6,9-15H2,1H3,(H2-,23,24,25,29)/p+1/t16?,19-,27?/m0/s1. The van der Waals surface area contributed by atoms with E-state index in [1.165, 1.54) is 12.8 Å². The van der Waals surface area contributed by atoms with Crippen LogP contribution in [0.1, 0.15) is 44.3 Å². The summed E-state index contributed by atoms with van der Waals surface area (Å²) in [5, 5.41) is 0. The predicted octanol–water partition coefficient (Wildman–Crippen LogP) is 1.97. The number of carbonyl (C=O) groups excluding carboxylic acids is 2. The first-order chi connectivity index (χ1) is 14.0. The van der Waals surface area contributed by atoms with Gasteiger partial charge in [0.05, 0.1) is 30.5 Å². The van der Waals surface area contributed by atoms with Gasteiger partial charge in [0.1, 0.15) is 5.82 Å². The van der Waals surface area contributed by atoms with Crippen molar-refractivity contribution >= 4 is 22.8 Å². The lowest BCUT2D eigenvalue weighted by Crippen LogP contribution is -2.61. The molecule has 29 heavy (non-hydrogen) atoms. The molecule has 3 atom stereocenters. The highest BCUT2D eigenvalue weighted by atomic mass is 16.2. The topological polar surface area (TPSA) is 92.1 Å². The second-order valence-electron chi connectivity index (χ2n) is 8.70. The summed E-state index contributed by atoms with van der Waals surface area (Å²) in [4.78, 5) is 35.9. The Hall–Kier alpha value is -2.25. The zero-order chi connectivity index (χ0) is 20.4. The fourth-order valence-electron chi connectivity index (χ4n) is 5.34. The molecule has 3 heterocycles. The van der Waals surface area contributed by atoms with Crippen LogP contribution in [0.5, 0.6) is 0 Å². The van der Waals surface area contributed by atoms with Gasteiger partial charge in [-0.1, -0.05) is 12.1 Å². The summed E-state index contributed by atoms with van der Waals surface area (Å²) in [6.07, 6.45) is 5.85. The van der Waals surface area contributed by atoms with Crippen molar-refractivity contribution in [2.75, 3.05) is 26.7 Å². The van der Waals surface area contributed by atoms with Gasteiger partial charge in [-0.15, -0.1) is 0 Å². The average molecular weight is 399 g/mol. The number of nitrogens with one attached hydrogen (secondary N) is 1. The Kier molecular flexibility index (Phi) is 5.69. The lowest BCUT2D eigenvalue weighted by atomic mass is 10.1. The molecule has 3 N–H and O–H groups in total. The average Bonchev–Trinajstić information content (AvgIpc) is 3.42. The number of carbonyl (C=O) groups is 2. The van der Waals surface area contributed by atoms with Crippen molar-refractivity contribution in [2.24, 2.45) is 5.73 Å². The number of fused-ring (bicyclic) bond motifs is 1. The van der Waals surface area contributed by atoms with E-state index in [2.05, 4.69) is 21.9 Å². The molecular weight excluding hydrogens is 366 g/mol. The van der Waals surface area contributed by atoms with E-state index in [1.807, 2.05) is 24.3 Å². The Morgan fingerprint density at radius 2 is 2.10 bits per heavy atom. The summed E-state index contributed by atoms with van der Waals surface area (Å²) >= 11 is 0. The van der Waals surface area contributed by atoms with Gasteiger partial charge in [-0.2, -0.15) is 0 Å².